The van der Waals surface area contributed by atoms with Crippen LogP contribution in [0.15, 0.2) is 48.5 Å². The molecular weight excluding hydrogens is 352 g/mol. The fourth-order valence-electron chi connectivity index (χ4n) is 2.38. The minimum Gasteiger partial charge on any atom is -0.493 e. The molecule has 0 heterocycles. The van der Waals surface area contributed by atoms with E-state index in [0.29, 0.717) is 22.9 Å². The fourth-order valence-corrected chi connectivity index (χ4v) is 2.61. The van der Waals surface area contributed by atoms with Crippen molar-refractivity contribution in [3.05, 3.63) is 64.7 Å². The molecule has 5 nitrogen and oxygen atoms in total. The number of ether oxygens (including phenoxy) is 1. The third-order valence-corrected chi connectivity index (χ3v) is 4.12. The second-order valence-electron chi connectivity index (χ2n) is 5.79. The van der Waals surface area contributed by atoms with E-state index in [1.807, 2.05) is 0 Å². The highest BCUT2D eigenvalue weighted by Gasteiger charge is 2.14. The van der Waals surface area contributed by atoms with Gasteiger partial charge in [0.05, 0.1) is 22.8 Å². The Bertz CT molecular complexity index is 749. The van der Waals surface area contributed by atoms with Gasteiger partial charge in [0.1, 0.15) is 5.75 Å². The number of hydrogen-bond acceptors (Lipinski definition) is 3. The average molecular weight is 375 g/mol. The van der Waals surface area contributed by atoms with Crippen LogP contribution in [-0.4, -0.2) is 18.4 Å². The molecule has 2 aromatic rings. The van der Waals surface area contributed by atoms with Gasteiger partial charge in [-0.1, -0.05) is 62.1 Å². The maximum absolute atomic E-state index is 12.4. The Hall–Kier alpha value is -2.53. The predicted molar refractivity (Wildman–Crippen MR) is 102 cm³/mol. The van der Waals surface area contributed by atoms with E-state index in [1.165, 1.54) is 6.42 Å². The highest BCUT2D eigenvalue weighted by Crippen LogP contribution is 2.18. The van der Waals surface area contributed by atoms with Gasteiger partial charge in [-0.15, -0.1) is 0 Å². The van der Waals surface area contributed by atoms with Crippen LogP contribution in [-0.2, 0) is 0 Å². The Morgan fingerprint density at radius 3 is 2.19 bits per heavy atom. The van der Waals surface area contributed by atoms with Gasteiger partial charge >= 0.3 is 0 Å². The monoisotopic (exact) mass is 374 g/mol. The van der Waals surface area contributed by atoms with E-state index in [2.05, 4.69) is 17.8 Å². The summed E-state index contributed by atoms with van der Waals surface area (Å²) in [5.41, 5.74) is 5.42. The van der Waals surface area contributed by atoms with Crippen molar-refractivity contribution in [2.75, 3.05) is 6.61 Å². The van der Waals surface area contributed by atoms with Crippen LogP contribution in [0, 0.1) is 0 Å². The summed E-state index contributed by atoms with van der Waals surface area (Å²) in [7, 11) is 0. The molecule has 0 atom stereocenters. The zero-order valence-corrected chi connectivity index (χ0v) is 15.5. The van der Waals surface area contributed by atoms with E-state index in [9.17, 15) is 9.59 Å². The number of amides is 2. The smallest absolute Gasteiger partial charge is 0.273 e. The van der Waals surface area contributed by atoms with Crippen molar-refractivity contribution >= 4 is 23.4 Å². The first kappa shape index (κ1) is 19.8. The Morgan fingerprint density at radius 1 is 0.885 bits per heavy atom. The van der Waals surface area contributed by atoms with Crippen molar-refractivity contribution < 1.29 is 14.3 Å². The van der Waals surface area contributed by atoms with Gasteiger partial charge < -0.3 is 4.74 Å². The SMILES string of the molecule is CCCCCCOc1ccccc1C(=O)NNC(=O)c1ccccc1Cl. The van der Waals surface area contributed by atoms with E-state index in [4.69, 9.17) is 16.3 Å². The van der Waals surface area contributed by atoms with Crippen LogP contribution < -0.4 is 15.6 Å². The van der Waals surface area contributed by atoms with Crippen molar-refractivity contribution in [2.45, 2.75) is 32.6 Å². The highest BCUT2D eigenvalue weighted by atomic mass is 35.5. The summed E-state index contributed by atoms with van der Waals surface area (Å²) < 4.78 is 5.72. The number of para-hydroxylation sites is 1. The van der Waals surface area contributed by atoms with Gasteiger partial charge in [0, 0.05) is 0 Å². The largest absolute Gasteiger partial charge is 0.493 e. The minimum absolute atomic E-state index is 0.287. The van der Waals surface area contributed by atoms with E-state index in [-0.39, 0.29) is 5.56 Å². The van der Waals surface area contributed by atoms with E-state index in [0.717, 1.165) is 19.3 Å². The summed E-state index contributed by atoms with van der Waals surface area (Å²) in [4.78, 5) is 24.5. The van der Waals surface area contributed by atoms with Crippen LogP contribution in [0.4, 0.5) is 0 Å². The van der Waals surface area contributed by atoms with E-state index >= 15 is 0 Å². The number of halogens is 1. The molecular formula is C20H23ClN2O3. The third-order valence-electron chi connectivity index (χ3n) is 3.80. The lowest BCUT2D eigenvalue weighted by atomic mass is 10.2. The maximum Gasteiger partial charge on any atom is 0.273 e. The summed E-state index contributed by atoms with van der Waals surface area (Å²) in [6.07, 6.45) is 4.36. The standard InChI is InChI=1S/C20H23ClN2O3/c1-2-3-4-9-14-26-18-13-8-6-11-16(18)20(25)23-22-19(24)15-10-5-7-12-17(15)21/h5-8,10-13H,2-4,9,14H2,1H3,(H,22,24)(H,23,25). The Balaban J connectivity index is 1.93. The fraction of sp³-hybridized carbons (Fsp3) is 0.300. The Kier molecular flexibility index (Phi) is 7.96. The third kappa shape index (κ3) is 5.77. The molecule has 138 valence electrons. The molecule has 0 saturated carbocycles. The lowest BCUT2D eigenvalue weighted by Crippen LogP contribution is -2.41. The first-order valence-corrected chi connectivity index (χ1v) is 9.08. The quantitative estimate of drug-likeness (QED) is 0.532. The number of nitrogens with one attached hydrogen (secondary N) is 2. The van der Waals surface area contributed by atoms with Gasteiger partial charge in [-0.3, -0.25) is 20.4 Å². The van der Waals surface area contributed by atoms with Gasteiger partial charge in [-0.2, -0.15) is 0 Å². The number of hydrogen-bond donors (Lipinski definition) is 2. The predicted octanol–water partition coefficient (Wildman–Crippen LogP) is 4.37. The van der Waals surface area contributed by atoms with E-state index in [1.54, 1.807) is 48.5 Å². The van der Waals surface area contributed by atoms with Crippen molar-refractivity contribution in [3.63, 3.8) is 0 Å². The summed E-state index contributed by atoms with van der Waals surface area (Å²) >= 11 is 5.98. The molecule has 0 aliphatic heterocycles. The van der Waals surface area contributed by atoms with Crippen LogP contribution >= 0.6 is 11.6 Å². The lowest BCUT2D eigenvalue weighted by Gasteiger charge is -2.12. The van der Waals surface area contributed by atoms with Crippen molar-refractivity contribution in [1.82, 2.24) is 10.9 Å². The van der Waals surface area contributed by atoms with Crippen LogP contribution in [0.2, 0.25) is 5.02 Å². The summed E-state index contributed by atoms with van der Waals surface area (Å²) in [6, 6.07) is 13.6. The Morgan fingerprint density at radius 2 is 1.50 bits per heavy atom. The molecule has 2 amide bonds. The zero-order chi connectivity index (χ0) is 18.8. The minimum atomic E-state index is -0.484. The molecule has 26 heavy (non-hydrogen) atoms. The molecule has 0 radical (unpaired) electrons. The van der Waals surface area contributed by atoms with Crippen LogP contribution in [0.25, 0.3) is 0 Å². The van der Waals surface area contributed by atoms with Crippen LogP contribution in [0.1, 0.15) is 53.3 Å². The topological polar surface area (TPSA) is 67.4 Å². The summed E-state index contributed by atoms with van der Waals surface area (Å²) in [5, 5.41) is 0.315. The molecule has 0 aliphatic rings. The maximum atomic E-state index is 12.4. The average Bonchev–Trinajstić information content (AvgIpc) is 2.66. The van der Waals surface area contributed by atoms with Gasteiger partial charge in [-0.05, 0) is 30.7 Å². The normalized spacial score (nSPS) is 10.2. The van der Waals surface area contributed by atoms with Crippen molar-refractivity contribution in [2.24, 2.45) is 0 Å². The first-order chi connectivity index (χ1) is 12.6. The molecule has 2 N–H and O–H groups in total. The molecule has 0 saturated heterocycles. The summed E-state index contributed by atoms with van der Waals surface area (Å²) in [5.74, 6) is -0.440. The molecule has 0 aromatic heterocycles. The number of rotatable bonds is 8. The zero-order valence-electron chi connectivity index (χ0n) is 14.8. The molecule has 0 unspecified atom stereocenters. The van der Waals surface area contributed by atoms with Gasteiger partial charge in [0.15, 0.2) is 0 Å². The highest BCUT2D eigenvalue weighted by molar-refractivity contribution is 6.33. The number of carbonyl (C=O) groups is 2. The molecule has 0 aliphatic carbocycles. The van der Waals surface area contributed by atoms with Gasteiger partial charge in [0.25, 0.3) is 11.8 Å². The second kappa shape index (κ2) is 10.5. The number of carbonyl (C=O) groups excluding carboxylic acids is 2. The molecule has 0 bridgehead atoms. The molecule has 2 aromatic carbocycles. The molecule has 0 spiro atoms. The van der Waals surface area contributed by atoms with E-state index < -0.39 is 11.8 Å². The van der Waals surface area contributed by atoms with Crippen LogP contribution in [0.3, 0.4) is 0 Å². The first-order valence-electron chi connectivity index (χ1n) is 8.70. The van der Waals surface area contributed by atoms with Crippen molar-refractivity contribution in [1.29, 1.82) is 0 Å². The number of hydrazine groups is 1. The lowest BCUT2D eigenvalue weighted by molar-refractivity contribution is 0.0844. The van der Waals surface area contributed by atoms with Crippen LogP contribution in [0.5, 0.6) is 5.75 Å². The summed E-state index contributed by atoms with van der Waals surface area (Å²) in [6.45, 7) is 2.70. The second-order valence-corrected chi connectivity index (χ2v) is 6.20. The van der Waals surface area contributed by atoms with Gasteiger partial charge in [0.2, 0.25) is 0 Å². The molecule has 0 fully saturated rings. The van der Waals surface area contributed by atoms with Gasteiger partial charge in [-0.25, -0.2) is 0 Å². The number of unbranched alkanes of at least 4 members (excludes halogenated alkanes) is 3. The Labute approximate surface area is 158 Å². The molecule has 6 heteroatoms. The van der Waals surface area contributed by atoms with Crippen molar-refractivity contribution in [3.8, 4) is 5.75 Å². The number of benzene rings is 2. The molecule has 2 rings (SSSR count).